The highest BCUT2D eigenvalue weighted by atomic mass is 35.5. The lowest BCUT2D eigenvalue weighted by molar-refractivity contribution is 0.0916. The number of aromatic nitrogens is 2. The molecule has 4 rings (SSSR count). The van der Waals surface area contributed by atoms with Crippen molar-refractivity contribution in [2.75, 3.05) is 23.8 Å². The summed E-state index contributed by atoms with van der Waals surface area (Å²) in [7, 11) is -3.33. The Kier molecular flexibility index (Phi) is 7.92. The van der Waals surface area contributed by atoms with Crippen molar-refractivity contribution >= 4 is 33.3 Å². The number of nitrogens with zero attached hydrogens (tertiary/aromatic N) is 3. The number of nitrogens with one attached hydrogen (secondary N) is 1. The van der Waals surface area contributed by atoms with Crippen LogP contribution in [0.4, 0.5) is 5.95 Å². The minimum absolute atomic E-state index is 0.00526. The highest BCUT2D eigenvalue weighted by Gasteiger charge is 2.27. The SMILES string of the molecule is CC[C@H]1CN(c2ncc(Cl)cn2)Cc2cc(C(=O)N[C@@H](CO)c3ccc(S(=O)(=O)CC)cc3)ccc21. The average molecular weight is 529 g/mol. The van der Waals surface area contributed by atoms with Gasteiger partial charge in [0, 0.05) is 24.6 Å². The Morgan fingerprint density at radius 3 is 2.47 bits per heavy atom. The maximum absolute atomic E-state index is 13.1. The van der Waals surface area contributed by atoms with Crippen LogP contribution in [-0.2, 0) is 16.4 Å². The van der Waals surface area contributed by atoms with E-state index in [2.05, 4.69) is 27.1 Å². The number of anilines is 1. The van der Waals surface area contributed by atoms with Crippen LogP contribution in [0.5, 0.6) is 0 Å². The average Bonchev–Trinajstić information content (AvgIpc) is 2.91. The zero-order valence-corrected chi connectivity index (χ0v) is 21.8. The molecule has 8 nitrogen and oxygen atoms in total. The Morgan fingerprint density at radius 1 is 1.17 bits per heavy atom. The summed E-state index contributed by atoms with van der Waals surface area (Å²) in [6.07, 6.45) is 4.08. The molecule has 0 unspecified atom stereocenters. The van der Waals surface area contributed by atoms with Crippen molar-refractivity contribution in [2.45, 2.75) is 43.7 Å². The van der Waals surface area contributed by atoms with Crippen LogP contribution in [0.2, 0.25) is 5.02 Å². The van der Waals surface area contributed by atoms with Gasteiger partial charge in [0.2, 0.25) is 5.95 Å². The van der Waals surface area contributed by atoms with Crippen LogP contribution in [-0.4, -0.2) is 48.3 Å². The van der Waals surface area contributed by atoms with Crippen molar-refractivity contribution in [3.63, 3.8) is 0 Å². The van der Waals surface area contributed by atoms with Crippen molar-refractivity contribution in [3.05, 3.63) is 82.1 Å². The van der Waals surface area contributed by atoms with Gasteiger partial charge in [-0.15, -0.1) is 0 Å². The van der Waals surface area contributed by atoms with Gasteiger partial charge in [0.15, 0.2) is 9.84 Å². The molecule has 0 saturated carbocycles. The van der Waals surface area contributed by atoms with E-state index in [0.29, 0.717) is 28.6 Å². The lowest BCUT2D eigenvalue weighted by Crippen LogP contribution is -2.35. The quantitative estimate of drug-likeness (QED) is 0.456. The van der Waals surface area contributed by atoms with E-state index in [1.165, 1.54) is 17.7 Å². The van der Waals surface area contributed by atoms with Crippen molar-refractivity contribution in [1.29, 1.82) is 0 Å². The normalized spacial score (nSPS) is 16.3. The third-order valence-electron chi connectivity index (χ3n) is 6.54. The molecule has 3 aromatic rings. The standard InChI is InChI=1S/C26H29ClN4O4S/c1-3-17-14-31(26-28-12-21(27)13-29-26)15-20-11-19(7-10-23(17)20)25(33)30-24(16-32)18-5-8-22(9-6-18)36(34,35)4-2/h5-13,17,24,32H,3-4,14-16H2,1-2H3,(H,30,33)/t17-,24-/m0/s1. The number of amides is 1. The predicted molar refractivity (Wildman–Crippen MR) is 139 cm³/mol. The number of aliphatic hydroxyl groups is 1. The molecule has 1 amide bonds. The zero-order valence-electron chi connectivity index (χ0n) is 20.2. The van der Waals surface area contributed by atoms with Crippen LogP contribution in [0.3, 0.4) is 0 Å². The second-order valence-electron chi connectivity index (χ2n) is 8.78. The number of carbonyl (C=O) groups is 1. The zero-order chi connectivity index (χ0) is 25.9. The Balaban J connectivity index is 1.54. The summed E-state index contributed by atoms with van der Waals surface area (Å²) in [5, 5.41) is 13.3. The Bertz CT molecular complexity index is 1330. The predicted octanol–water partition coefficient (Wildman–Crippen LogP) is 3.90. The van der Waals surface area contributed by atoms with Crippen LogP contribution in [0.15, 0.2) is 59.8 Å². The molecule has 0 aliphatic carbocycles. The Labute approximate surface area is 216 Å². The summed E-state index contributed by atoms with van der Waals surface area (Å²) >= 11 is 5.94. The van der Waals surface area contributed by atoms with Crippen molar-refractivity contribution in [1.82, 2.24) is 15.3 Å². The number of fused-ring (bicyclic) bond motifs is 1. The van der Waals surface area contributed by atoms with Gasteiger partial charge in [0.25, 0.3) is 5.91 Å². The van der Waals surface area contributed by atoms with Crippen LogP contribution in [0.1, 0.15) is 59.3 Å². The molecular weight excluding hydrogens is 500 g/mol. The van der Waals surface area contributed by atoms with Crippen LogP contribution in [0.25, 0.3) is 0 Å². The monoisotopic (exact) mass is 528 g/mol. The molecule has 0 spiro atoms. The van der Waals surface area contributed by atoms with E-state index in [-0.39, 0.29) is 29.1 Å². The van der Waals surface area contributed by atoms with E-state index in [1.807, 2.05) is 12.1 Å². The van der Waals surface area contributed by atoms with Gasteiger partial charge >= 0.3 is 0 Å². The fourth-order valence-electron chi connectivity index (χ4n) is 4.44. The first kappa shape index (κ1) is 26.1. The lowest BCUT2D eigenvalue weighted by atomic mass is 9.87. The largest absolute Gasteiger partial charge is 0.394 e. The van der Waals surface area contributed by atoms with Gasteiger partial charge in [-0.25, -0.2) is 18.4 Å². The third-order valence-corrected chi connectivity index (χ3v) is 8.48. The molecule has 2 N–H and O–H groups in total. The second-order valence-corrected chi connectivity index (χ2v) is 11.5. The maximum Gasteiger partial charge on any atom is 0.251 e. The van der Waals surface area contributed by atoms with Crippen LogP contribution in [0, 0.1) is 0 Å². The smallest absolute Gasteiger partial charge is 0.251 e. The van der Waals surface area contributed by atoms with E-state index in [4.69, 9.17) is 11.6 Å². The van der Waals surface area contributed by atoms with E-state index >= 15 is 0 Å². The first-order valence-electron chi connectivity index (χ1n) is 11.9. The van der Waals surface area contributed by atoms with E-state index in [1.54, 1.807) is 37.5 Å². The minimum Gasteiger partial charge on any atom is -0.394 e. The number of aliphatic hydroxyl groups excluding tert-OH is 1. The highest BCUT2D eigenvalue weighted by molar-refractivity contribution is 7.91. The molecule has 190 valence electrons. The fraction of sp³-hybridized carbons (Fsp3) is 0.346. The van der Waals surface area contributed by atoms with Gasteiger partial charge < -0.3 is 15.3 Å². The molecule has 0 saturated heterocycles. The molecule has 2 atom stereocenters. The highest BCUT2D eigenvalue weighted by Crippen LogP contribution is 2.33. The third kappa shape index (κ3) is 5.53. The first-order chi connectivity index (χ1) is 17.2. The Morgan fingerprint density at radius 2 is 1.86 bits per heavy atom. The minimum atomic E-state index is -3.33. The molecule has 1 aliphatic rings. The first-order valence-corrected chi connectivity index (χ1v) is 13.9. The van der Waals surface area contributed by atoms with Crippen molar-refractivity contribution in [3.8, 4) is 0 Å². The van der Waals surface area contributed by atoms with Crippen molar-refractivity contribution in [2.24, 2.45) is 0 Å². The topological polar surface area (TPSA) is 112 Å². The van der Waals surface area contributed by atoms with Gasteiger partial charge in [-0.2, -0.15) is 0 Å². The van der Waals surface area contributed by atoms with E-state index < -0.39 is 15.9 Å². The summed E-state index contributed by atoms with van der Waals surface area (Å²) in [6.45, 7) is 4.72. The summed E-state index contributed by atoms with van der Waals surface area (Å²) in [6, 6.07) is 11.2. The molecule has 2 aromatic carbocycles. The second kappa shape index (κ2) is 10.9. The van der Waals surface area contributed by atoms with Gasteiger partial charge in [-0.3, -0.25) is 4.79 Å². The van der Waals surface area contributed by atoms with E-state index in [0.717, 1.165) is 18.5 Å². The molecule has 2 heterocycles. The van der Waals surface area contributed by atoms with Gasteiger partial charge in [0.1, 0.15) is 0 Å². The van der Waals surface area contributed by atoms with Crippen LogP contribution < -0.4 is 10.2 Å². The summed E-state index contributed by atoms with van der Waals surface area (Å²) < 4.78 is 24.1. The van der Waals surface area contributed by atoms with Gasteiger partial charge in [0.05, 0.1) is 40.7 Å². The van der Waals surface area contributed by atoms with Crippen LogP contribution >= 0.6 is 11.6 Å². The summed E-state index contributed by atoms with van der Waals surface area (Å²) in [4.78, 5) is 24.1. The molecule has 0 fully saturated rings. The lowest BCUT2D eigenvalue weighted by Gasteiger charge is -2.34. The summed E-state index contributed by atoms with van der Waals surface area (Å²) in [5.74, 6) is 0.543. The number of halogens is 1. The summed E-state index contributed by atoms with van der Waals surface area (Å²) in [5.41, 5.74) is 3.32. The molecular formula is C26H29ClN4O4S. The number of benzene rings is 2. The van der Waals surface area contributed by atoms with Gasteiger partial charge in [-0.1, -0.05) is 43.6 Å². The molecule has 1 aromatic heterocycles. The molecule has 36 heavy (non-hydrogen) atoms. The van der Waals surface area contributed by atoms with Gasteiger partial charge in [-0.05, 0) is 47.4 Å². The maximum atomic E-state index is 13.1. The fourth-order valence-corrected chi connectivity index (χ4v) is 5.42. The number of carbonyl (C=O) groups excluding carboxylic acids is 1. The number of hydrogen-bond acceptors (Lipinski definition) is 7. The molecule has 1 aliphatic heterocycles. The van der Waals surface area contributed by atoms with Crippen molar-refractivity contribution < 1.29 is 18.3 Å². The molecule has 0 radical (unpaired) electrons. The van der Waals surface area contributed by atoms with E-state index in [9.17, 15) is 18.3 Å². The number of sulfone groups is 1. The number of rotatable bonds is 8. The Hall–Kier alpha value is -3.01. The molecule has 10 heteroatoms. The number of hydrogen-bond donors (Lipinski definition) is 2. The molecule has 0 bridgehead atoms.